The van der Waals surface area contributed by atoms with Crippen LogP contribution in [-0.2, 0) is 6.61 Å². The summed E-state index contributed by atoms with van der Waals surface area (Å²) in [6.45, 7) is 2.35. The van der Waals surface area contributed by atoms with Crippen molar-refractivity contribution in [2.75, 3.05) is 6.61 Å². The van der Waals surface area contributed by atoms with Crippen molar-refractivity contribution in [2.24, 2.45) is 5.10 Å². The lowest BCUT2D eigenvalue weighted by molar-refractivity contribution is -0.384. The van der Waals surface area contributed by atoms with Crippen LogP contribution in [0.15, 0.2) is 70.2 Å². The van der Waals surface area contributed by atoms with Gasteiger partial charge in [-0.1, -0.05) is 23.7 Å². The van der Waals surface area contributed by atoms with Crippen molar-refractivity contribution in [1.29, 1.82) is 0 Å². The number of non-ortho nitro benzene ring substituents is 1. The second-order valence-electron chi connectivity index (χ2n) is 6.68. The van der Waals surface area contributed by atoms with Crippen molar-refractivity contribution in [3.05, 3.63) is 97.0 Å². The minimum atomic E-state index is -0.453. The van der Waals surface area contributed by atoms with E-state index in [0.717, 1.165) is 0 Å². The molecule has 10 heteroatoms. The number of amides is 1. The first-order chi connectivity index (χ1) is 15.9. The first-order valence-corrected chi connectivity index (χ1v) is 11.0. The Hall–Kier alpha value is -3.43. The summed E-state index contributed by atoms with van der Waals surface area (Å²) in [6, 6.07) is 16.1. The molecule has 0 saturated carbocycles. The second-order valence-corrected chi connectivity index (χ2v) is 7.98. The van der Waals surface area contributed by atoms with E-state index < -0.39 is 4.92 Å². The highest BCUT2D eigenvalue weighted by atomic mass is 79.9. The number of ether oxygens (including phenoxy) is 2. The van der Waals surface area contributed by atoms with Gasteiger partial charge in [-0.2, -0.15) is 5.10 Å². The number of benzene rings is 3. The lowest BCUT2D eigenvalue weighted by atomic mass is 10.2. The number of nitrogens with zero attached hydrogens (tertiary/aromatic N) is 2. The van der Waals surface area contributed by atoms with Crippen LogP contribution in [0.1, 0.15) is 28.4 Å². The van der Waals surface area contributed by atoms with E-state index in [1.807, 2.05) is 6.92 Å². The molecule has 3 rings (SSSR count). The van der Waals surface area contributed by atoms with Gasteiger partial charge in [0, 0.05) is 22.7 Å². The van der Waals surface area contributed by atoms with Gasteiger partial charge in [0.25, 0.3) is 11.6 Å². The highest BCUT2D eigenvalue weighted by Crippen LogP contribution is 2.37. The summed E-state index contributed by atoms with van der Waals surface area (Å²) in [7, 11) is 0. The zero-order valence-electron chi connectivity index (χ0n) is 17.5. The smallest absolute Gasteiger partial charge is 0.271 e. The van der Waals surface area contributed by atoms with Crippen LogP contribution in [0, 0.1) is 10.1 Å². The lowest BCUT2D eigenvalue weighted by Crippen LogP contribution is -2.17. The summed E-state index contributed by atoms with van der Waals surface area (Å²) in [5.74, 6) is 0.539. The summed E-state index contributed by atoms with van der Waals surface area (Å²) in [5.41, 5.74) is 4.18. The molecule has 0 saturated heterocycles. The Morgan fingerprint density at radius 1 is 1.18 bits per heavy atom. The number of nitrogens with one attached hydrogen (secondary N) is 1. The van der Waals surface area contributed by atoms with E-state index in [1.54, 1.807) is 48.5 Å². The number of hydrogen-bond acceptors (Lipinski definition) is 6. The standard InChI is InChI=1S/C23H19BrClN3O5/c1-2-32-21-12-16(13-26-27-23(29)17-6-8-18(25)9-7-17)11-20(24)22(21)33-14-15-4-3-5-19(10-15)28(30)31/h3-13H,2,14H2,1H3,(H,27,29)/b26-13-. The van der Waals surface area contributed by atoms with Crippen LogP contribution in [0.25, 0.3) is 0 Å². The molecule has 0 heterocycles. The van der Waals surface area contributed by atoms with Crippen LogP contribution in [0.5, 0.6) is 11.5 Å². The molecule has 3 aromatic rings. The molecule has 0 aliphatic heterocycles. The van der Waals surface area contributed by atoms with Crippen molar-refractivity contribution in [3.8, 4) is 11.5 Å². The van der Waals surface area contributed by atoms with E-state index in [9.17, 15) is 14.9 Å². The fraction of sp³-hybridized carbons (Fsp3) is 0.130. The quantitative estimate of drug-likeness (QED) is 0.215. The Kier molecular flexibility index (Phi) is 8.39. The molecule has 0 atom stereocenters. The highest BCUT2D eigenvalue weighted by Gasteiger charge is 2.13. The van der Waals surface area contributed by atoms with Crippen LogP contribution in [-0.4, -0.2) is 23.7 Å². The molecule has 0 spiro atoms. The molecule has 8 nitrogen and oxygen atoms in total. The van der Waals surface area contributed by atoms with E-state index >= 15 is 0 Å². The molecule has 1 N–H and O–H groups in total. The first-order valence-electron chi connectivity index (χ1n) is 9.79. The molecule has 0 aliphatic carbocycles. The minimum absolute atomic E-state index is 0.00703. The normalized spacial score (nSPS) is 10.8. The van der Waals surface area contributed by atoms with E-state index in [1.165, 1.54) is 18.3 Å². The van der Waals surface area contributed by atoms with Gasteiger partial charge in [-0.25, -0.2) is 5.43 Å². The fourth-order valence-corrected chi connectivity index (χ4v) is 3.51. The third kappa shape index (κ3) is 6.77. The topological polar surface area (TPSA) is 103 Å². The van der Waals surface area contributed by atoms with Crippen LogP contribution in [0.4, 0.5) is 5.69 Å². The molecule has 0 aromatic heterocycles. The number of nitro benzene ring substituents is 1. The molecule has 0 unspecified atom stereocenters. The average Bonchev–Trinajstić information content (AvgIpc) is 2.79. The predicted octanol–water partition coefficient (Wildman–Crippen LogP) is 5.75. The van der Waals surface area contributed by atoms with E-state index in [0.29, 0.717) is 44.3 Å². The predicted molar refractivity (Wildman–Crippen MR) is 129 cm³/mol. The molecule has 0 aliphatic rings. The van der Waals surface area contributed by atoms with Crippen molar-refractivity contribution < 1.29 is 19.2 Å². The number of hydrazone groups is 1. The molecular formula is C23H19BrClN3O5. The third-order valence-electron chi connectivity index (χ3n) is 4.32. The number of carbonyl (C=O) groups is 1. The first kappa shape index (κ1) is 24.2. The van der Waals surface area contributed by atoms with Gasteiger partial charge in [0.05, 0.1) is 22.2 Å². The van der Waals surface area contributed by atoms with Crippen LogP contribution in [0.3, 0.4) is 0 Å². The summed E-state index contributed by atoms with van der Waals surface area (Å²) in [6.07, 6.45) is 1.48. The molecule has 0 fully saturated rings. The number of carbonyl (C=O) groups excluding carboxylic acids is 1. The van der Waals surface area contributed by atoms with Crippen molar-refractivity contribution in [2.45, 2.75) is 13.5 Å². The van der Waals surface area contributed by atoms with Crippen LogP contribution >= 0.6 is 27.5 Å². The monoisotopic (exact) mass is 531 g/mol. The summed E-state index contributed by atoms with van der Waals surface area (Å²) < 4.78 is 12.2. The summed E-state index contributed by atoms with van der Waals surface area (Å²) >= 11 is 9.30. The molecule has 1 amide bonds. The molecular weight excluding hydrogens is 514 g/mol. The Morgan fingerprint density at radius 3 is 2.64 bits per heavy atom. The Bertz CT molecular complexity index is 1190. The van der Waals surface area contributed by atoms with Gasteiger partial charge in [0.15, 0.2) is 11.5 Å². The van der Waals surface area contributed by atoms with Crippen molar-refractivity contribution in [1.82, 2.24) is 5.43 Å². The largest absolute Gasteiger partial charge is 0.490 e. The molecule has 3 aromatic carbocycles. The van der Waals surface area contributed by atoms with Crippen molar-refractivity contribution in [3.63, 3.8) is 0 Å². The summed E-state index contributed by atoms with van der Waals surface area (Å²) in [5, 5.41) is 15.5. The van der Waals surface area contributed by atoms with E-state index in [-0.39, 0.29) is 18.2 Å². The molecule has 0 radical (unpaired) electrons. The van der Waals surface area contributed by atoms with Gasteiger partial charge in [0.2, 0.25) is 0 Å². The zero-order valence-corrected chi connectivity index (χ0v) is 19.8. The maximum absolute atomic E-state index is 12.2. The minimum Gasteiger partial charge on any atom is -0.490 e. The van der Waals surface area contributed by atoms with E-state index in [2.05, 4.69) is 26.5 Å². The number of halogens is 2. The van der Waals surface area contributed by atoms with E-state index in [4.69, 9.17) is 21.1 Å². The zero-order chi connectivity index (χ0) is 23.8. The van der Waals surface area contributed by atoms with Gasteiger partial charge in [0.1, 0.15) is 6.61 Å². The highest BCUT2D eigenvalue weighted by molar-refractivity contribution is 9.10. The Labute approximate surface area is 203 Å². The van der Waals surface area contributed by atoms with Gasteiger partial charge >= 0.3 is 0 Å². The van der Waals surface area contributed by atoms with Crippen molar-refractivity contribution >= 4 is 45.3 Å². The van der Waals surface area contributed by atoms with Gasteiger partial charge in [-0.3, -0.25) is 14.9 Å². The SMILES string of the molecule is CCOc1cc(/C=N\NC(=O)c2ccc(Cl)cc2)cc(Br)c1OCc1cccc([N+](=O)[O-])c1. The second kappa shape index (κ2) is 11.4. The molecule has 170 valence electrons. The van der Waals surface area contributed by atoms with Gasteiger partial charge in [-0.05, 0) is 70.4 Å². The maximum Gasteiger partial charge on any atom is 0.271 e. The van der Waals surface area contributed by atoms with Crippen LogP contribution < -0.4 is 14.9 Å². The number of rotatable bonds is 9. The lowest BCUT2D eigenvalue weighted by Gasteiger charge is -2.14. The Morgan fingerprint density at radius 2 is 1.94 bits per heavy atom. The van der Waals surface area contributed by atoms with Gasteiger partial charge in [-0.15, -0.1) is 0 Å². The van der Waals surface area contributed by atoms with Crippen LogP contribution in [0.2, 0.25) is 5.02 Å². The maximum atomic E-state index is 12.2. The third-order valence-corrected chi connectivity index (χ3v) is 5.16. The fourth-order valence-electron chi connectivity index (χ4n) is 2.81. The summed E-state index contributed by atoms with van der Waals surface area (Å²) in [4.78, 5) is 22.7. The number of hydrogen-bond donors (Lipinski definition) is 1. The average molecular weight is 533 g/mol. The Balaban J connectivity index is 1.72. The number of nitro groups is 1. The molecule has 33 heavy (non-hydrogen) atoms. The molecule has 0 bridgehead atoms. The van der Waals surface area contributed by atoms with Gasteiger partial charge < -0.3 is 9.47 Å².